The molecule has 0 fully saturated rings. The number of nitrogens with one attached hydrogen (secondary N) is 1. The van der Waals surface area contributed by atoms with Crippen molar-refractivity contribution in [3.05, 3.63) is 0 Å². The zero-order valence-corrected chi connectivity index (χ0v) is 7.25. The van der Waals surface area contributed by atoms with Crippen molar-refractivity contribution in [3.8, 4) is 0 Å². The first-order valence-corrected chi connectivity index (χ1v) is 3.37. The molecule has 70 valence electrons. The number of rotatable bonds is 2. The van der Waals surface area contributed by atoms with E-state index >= 15 is 0 Å². The average Bonchev–Trinajstić information content (AvgIpc) is 1.81. The Bertz CT molecular complexity index is 211. The number of hydrogen-bond donors (Lipinski definition) is 2. The summed E-state index contributed by atoms with van der Waals surface area (Å²) >= 11 is 0. The lowest BCUT2D eigenvalue weighted by atomic mass is 10.2. The number of ether oxygens (including phenoxy) is 1. The molecule has 0 heterocycles. The van der Waals surface area contributed by atoms with Gasteiger partial charge in [-0.1, -0.05) is 0 Å². The molecular weight excluding hydrogens is 162 g/mol. The van der Waals surface area contributed by atoms with Crippen LogP contribution in [-0.4, -0.2) is 29.3 Å². The summed E-state index contributed by atoms with van der Waals surface area (Å²) in [7, 11) is 0. The summed E-state index contributed by atoms with van der Waals surface area (Å²) in [5.41, 5.74) is -0.692. The molecule has 0 spiro atoms. The first-order chi connectivity index (χ1) is 5.72. The molecule has 5 nitrogen and oxygen atoms in total. The maximum atomic E-state index is 10.9. The van der Waals surface area contributed by atoms with Crippen molar-refractivity contribution >= 4 is 12.1 Å². The Labute approximate surface area is 72.1 Å². The van der Waals surface area contributed by atoms with E-state index in [0.29, 0.717) is 0 Å². The van der Waals surface area contributed by atoms with Crippen molar-refractivity contribution in [2.45, 2.75) is 26.4 Å². The molecule has 5 heteroatoms. The predicted octanol–water partition coefficient (Wildman–Crippen LogP) is 0.596. The van der Waals surface area contributed by atoms with Crippen LogP contribution in [0.2, 0.25) is 0 Å². The third-order valence-electron chi connectivity index (χ3n) is 0.712. The molecule has 0 bridgehead atoms. The summed E-state index contributed by atoms with van der Waals surface area (Å²) in [6.07, 6.45) is -0.908. The molecule has 1 amide bonds. The molecule has 0 aliphatic carbocycles. The second-order valence-electron chi connectivity index (χ2n) is 3.13. The van der Waals surface area contributed by atoms with Crippen LogP contribution in [0, 0.1) is 0 Å². The van der Waals surface area contributed by atoms with Crippen LogP contribution in [-0.2, 0) is 9.53 Å². The number of amides is 1. The zero-order chi connectivity index (χ0) is 10.6. The molecule has 0 saturated heterocycles. The van der Waals surface area contributed by atoms with E-state index in [4.69, 9.17) is 11.2 Å². The Kier molecular flexibility index (Phi) is 2.90. The maximum Gasteiger partial charge on any atom is 0.408 e. The predicted molar refractivity (Wildman–Crippen MR) is 41.9 cm³/mol. The van der Waals surface area contributed by atoms with Gasteiger partial charge in [-0.15, -0.1) is 0 Å². The largest absolute Gasteiger partial charge is 0.480 e. The van der Waals surface area contributed by atoms with Crippen molar-refractivity contribution in [2.75, 3.05) is 6.52 Å². The highest BCUT2D eigenvalue weighted by molar-refractivity contribution is 5.76. The topological polar surface area (TPSA) is 75.6 Å². The molecule has 0 aromatic rings. The van der Waals surface area contributed by atoms with Gasteiger partial charge in [0.25, 0.3) is 0 Å². The average molecular weight is 176 g/mol. The minimum absolute atomic E-state index is 0.692. The summed E-state index contributed by atoms with van der Waals surface area (Å²) in [6.45, 7) is 3.25. The first-order valence-electron chi connectivity index (χ1n) is 3.94. The zero-order valence-electron chi connectivity index (χ0n) is 8.25. The van der Waals surface area contributed by atoms with Gasteiger partial charge in [-0.05, 0) is 20.8 Å². The van der Waals surface area contributed by atoms with Gasteiger partial charge in [0, 0.05) is 0 Å². The van der Waals surface area contributed by atoms with Crippen molar-refractivity contribution < 1.29 is 20.8 Å². The highest BCUT2D eigenvalue weighted by atomic mass is 16.6. The summed E-state index contributed by atoms with van der Waals surface area (Å²) in [4.78, 5) is 21.0. The lowest BCUT2D eigenvalue weighted by Gasteiger charge is -2.19. The van der Waals surface area contributed by atoms with E-state index in [1.165, 1.54) is 0 Å². The van der Waals surface area contributed by atoms with Crippen LogP contribution in [0.1, 0.15) is 22.1 Å². The van der Waals surface area contributed by atoms with Gasteiger partial charge in [0.2, 0.25) is 0 Å². The van der Waals surface area contributed by atoms with Gasteiger partial charge in [-0.2, -0.15) is 0 Å². The van der Waals surface area contributed by atoms with Gasteiger partial charge < -0.3 is 15.2 Å². The second-order valence-corrected chi connectivity index (χ2v) is 3.13. The van der Waals surface area contributed by atoms with Crippen molar-refractivity contribution in [3.63, 3.8) is 0 Å². The fourth-order valence-electron chi connectivity index (χ4n) is 0.428. The Morgan fingerprint density at radius 2 is 2.08 bits per heavy atom. The molecule has 0 rings (SSSR count). The van der Waals surface area contributed by atoms with E-state index < -0.39 is 24.2 Å². The van der Waals surface area contributed by atoms with Crippen LogP contribution in [0.5, 0.6) is 0 Å². The van der Waals surface area contributed by atoms with Gasteiger partial charge in [0.15, 0.2) is 0 Å². The quantitative estimate of drug-likeness (QED) is 0.645. The third-order valence-corrected chi connectivity index (χ3v) is 0.712. The van der Waals surface area contributed by atoms with Crippen LogP contribution < -0.4 is 5.32 Å². The molecule has 1 atom stereocenters. The third kappa shape index (κ3) is 6.85. The Morgan fingerprint density at radius 1 is 1.58 bits per heavy atom. The first kappa shape index (κ1) is 8.83. The lowest BCUT2D eigenvalue weighted by Crippen LogP contribution is -2.35. The fourth-order valence-corrected chi connectivity index (χ4v) is 0.428. The molecule has 0 aliphatic rings. The number of carboxylic acids is 1. The van der Waals surface area contributed by atoms with Crippen molar-refractivity contribution in [2.24, 2.45) is 0 Å². The van der Waals surface area contributed by atoms with E-state index in [1.807, 2.05) is 5.32 Å². The molecule has 0 saturated carbocycles. The molecular formula is C7H13NO4. The van der Waals surface area contributed by atoms with Crippen LogP contribution in [0.25, 0.3) is 0 Å². The van der Waals surface area contributed by atoms with E-state index in [-0.39, 0.29) is 0 Å². The molecule has 0 aliphatic heterocycles. The molecule has 0 aromatic carbocycles. The van der Waals surface area contributed by atoms with E-state index in [2.05, 4.69) is 0 Å². The Hall–Kier alpha value is -1.26. The molecule has 0 radical (unpaired) electrons. The SMILES string of the molecule is [2H][C@@H](NC(=O)OC(C)(C)C)C(=O)O. The number of alkyl carbamates (subject to hydrolysis) is 1. The van der Waals surface area contributed by atoms with Crippen LogP contribution in [0.4, 0.5) is 4.79 Å². The lowest BCUT2D eigenvalue weighted by molar-refractivity contribution is -0.136. The number of hydrogen-bond acceptors (Lipinski definition) is 3. The molecule has 12 heavy (non-hydrogen) atoms. The van der Waals surface area contributed by atoms with Gasteiger partial charge in [0.1, 0.15) is 12.1 Å². The summed E-state index contributed by atoms with van der Waals surface area (Å²) in [6, 6.07) is 0. The summed E-state index contributed by atoms with van der Waals surface area (Å²) < 4.78 is 11.6. The molecule has 0 aromatic heterocycles. The smallest absolute Gasteiger partial charge is 0.408 e. The van der Waals surface area contributed by atoms with Crippen LogP contribution >= 0.6 is 0 Å². The fraction of sp³-hybridized carbons (Fsp3) is 0.714. The summed E-state index contributed by atoms with van der Waals surface area (Å²) in [5, 5.41) is 10.1. The molecule has 0 unspecified atom stereocenters. The normalized spacial score (nSPS) is 14.4. The van der Waals surface area contributed by atoms with Gasteiger partial charge in [-0.25, -0.2) is 4.79 Å². The number of carboxylic acid groups (broad SMARTS) is 1. The van der Waals surface area contributed by atoms with E-state index in [9.17, 15) is 9.59 Å². The summed E-state index contributed by atoms with van der Waals surface area (Å²) in [5.74, 6) is -1.43. The highest BCUT2D eigenvalue weighted by Gasteiger charge is 2.15. The Balaban J connectivity index is 3.96. The Morgan fingerprint density at radius 3 is 2.42 bits per heavy atom. The van der Waals surface area contributed by atoms with E-state index in [1.54, 1.807) is 20.8 Å². The number of aliphatic carboxylic acids is 1. The van der Waals surface area contributed by atoms with Crippen LogP contribution in [0.3, 0.4) is 0 Å². The number of carbonyl (C=O) groups excluding carboxylic acids is 1. The van der Waals surface area contributed by atoms with Crippen LogP contribution in [0.15, 0.2) is 0 Å². The second kappa shape index (κ2) is 3.94. The number of carbonyl (C=O) groups is 2. The van der Waals surface area contributed by atoms with Crippen molar-refractivity contribution in [1.82, 2.24) is 5.32 Å². The highest BCUT2D eigenvalue weighted by Crippen LogP contribution is 2.05. The minimum atomic E-state index is -1.69. The van der Waals surface area contributed by atoms with Gasteiger partial charge in [0.05, 0.1) is 1.37 Å². The monoisotopic (exact) mass is 176 g/mol. The van der Waals surface area contributed by atoms with E-state index in [0.717, 1.165) is 0 Å². The van der Waals surface area contributed by atoms with Gasteiger partial charge >= 0.3 is 12.1 Å². The van der Waals surface area contributed by atoms with Crippen molar-refractivity contribution in [1.29, 1.82) is 0 Å². The molecule has 2 N–H and O–H groups in total. The maximum absolute atomic E-state index is 10.9. The van der Waals surface area contributed by atoms with Gasteiger partial charge in [-0.3, -0.25) is 4.79 Å². The minimum Gasteiger partial charge on any atom is -0.480 e. The standard InChI is InChI=1S/C7H13NO4/c1-7(2,3)12-6(11)8-4-5(9)10/h4H2,1-3H3,(H,8,11)(H,9,10)/i4D/t4-/m1/s1.